The third-order valence-electron chi connectivity index (χ3n) is 14.5. The summed E-state index contributed by atoms with van der Waals surface area (Å²) in [5.74, 6) is 0. The monoisotopic (exact) mass is 1150 g/mol. The molecule has 7 aliphatic heterocycles. The Hall–Kier alpha value is -1.44. The lowest BCUT2D eigenvalue weighted by atomic mass is 9.95. The summed E-state index contributed by atoms with van der Waals surface area (Å²) in [6.45, 7) is -6.86. The molecule has 456 valence electrons. The standard InChI is InChI=1S/C42H72O36/c43-1-8-15(50)16(51)24(59)37(67-8)74-31-10(3-45)69-39(26(61)18(31)53)76-33-12(5-47)71-41(28(63)20(33)55)78-35-14(7-49)72-42(29(64)22(35)57)77-34-13(6-48)70-40(27(62)21(34)56)75-32-11(4-46)68-38(25(60)19(32)54)73-30-9(2-44)66-36(65)23(58)17(30)52/h8-65H,1-7H2/t8-,9+,10-,11+,12-,13+,14+,15+,16-,17-,18+,19-,20+,21-,22-,23-,24+,25-,26+,27-,28+,29-,30-,31+,32+,33+,34-,35-,36?,37+,38+,39+,40-,41+,42-/m0/s1. The quantitative estimate of drug-likeness (QED) is 0.0571. The van der Waals surface area contributed by atoms with Crippen molar-refractivity contribution in [3.05, 3.63) is 0 Å². The van der Waals surface area contributed by atoms with E-state index in [0.29, 0.717) is 0 Å². The molecular formula is C42H72O36. The van der Waals surface area contributed by atoms with Gasteiger partial charge in [0.1, 0.15) is 171 Å². The van der Waals surface area contributed by atoms with Crippen LogP contribution >= 0.6 is 0 Å². The molecular weight excluding hydrogens is 1080 g/mol. The van der Waals surface area contributed by atoms with Crippen LogP contribution in [0.3, 0.4) is 0 Å². The van der Waals surface area contributed by atoms with E-state index >= 15 is 0 Å². The molecule has 0 aliphatic carbocycles. The van der Waals surface area contributed by atoms with Crippen LogP contribution in [0, 0.1) is 0 Å². The van der Waals surface area contributed by atoms with Crippen LogP contribution in [-0.4, -0.2) is 379 Å². The maximum absolute atomic E-state index is 11.3. The molecule has 0 spiro atoms. The molecule has 35 atom stereocenters. The van der Waals surface area contributed by atoms with Crippen molar-refractivity contribution in [3.63, 3.8) is 0 Å². The molecule has 1 unspecified atom stereocenters. The first-order valence-corrected chi connectivity index (χ1v) is 24.7. The Kier molecular flexibility index (Phi) is 22.6. The summed E-state index contributed by atoms with van der Waals surface area (Å²) in [7, 11) is 0. The van der Waals surface area contributed by atoms with Gasteiger partial charge in [-0.2, -0.15) is 0 Å². The van der Waals surface area contributed by atoms with Crippen molar-refractivity contribution in [1.29, 1.82) is 0 Å². The summed E-state index contributed by atoms with van der Waals surface area (Å²) in [5, 5.41) is 243. The van der Waals surface area contributed by atoms with Gasteiger partial charge in [0.2, 0.25) is 0 Å². The van der Waals surface area contributed by atoms with Crippen LogP contribution < -0.4 is 0 Å². The Bertz CT molecular complexity index is 1810. The second-order valence-corrected chi connectivity index (χ2v) is 19.6. The molecule has 23 N–H and O–H groups in total. The van der Waals surface area contributed by atoms with Gasteiger partial charge in [0.15, 0.2) is 44.0 Å². The predicted molar refractivity (Wildman–Crippen MR) is 232 cm³/mol. The van der Waals surface area contributed by atoms with E-state index in [2.05, 4.69) is 0 Å². The number of aliphatic hydroxyl groups excluding tert-OH is 23. The molecule has 7 saturated heterocycles. The molecule has 0 bridgehead atoms. The SMILES string of the molecule is OC[C@@H]1O[C@H](O[C@H]2[C@H](O)[C@@H](O)[C@@H](O[C@H]3[C@H](O)[C@@H](O)[C@@H](O[C@@H]4[C@@H](O)[C@H](O)[C@H](O[C@@H]5[C@@H](O)[C@H](O)[C@H](O[C@H]6[C@@H](O)[C@H](O)[C@@H](O[C@@H]7[C@@H](O)[C@H](O)C(O)O[C@@H]7CO)O[C@@H]6CO)O[C@@H]5CO)O[C@@H]4CO)O[C@H]3CO)O[C@H]2CO)[C@H](O)[C@@H](O)[C@@H]1O. The number of rotatable bonds is 19. The fourth-order valence-electron chi connectivity index (χ4n) is 10.0. The largest absolute Gasteiger partial charge is 0.394 e. The van der Waals surface area contributed by atoms with Crippen molar-refractivity contribution in [2.45, 2.75) is 215 Å². The fourth-order valence-corrected chi connectivity index (χ4v) is 10.0. The van der Waals surface area contributed by atoms with Crippen molar-refractivity contribution in [2.75, 3.05) is 46.2 Å². The first-order valence-electron chi connectivity index (χ1n) is 24.7. The number of hydrogen-bond donors (Lipinski definition) is 23. The fraction of sp³-hybridized carbons (Fsp3) is 1.00. The molecule has 0 amide bonds. The van der Waals surface area contributed by atoms with E-state index in [4.69, 9.17) is 61.6 Å². The highest BCUT2D eigenvalue weighted by Gasteiger charge is 2.58. The minimum Gasteiger partial charge on any atom is -0.394 e. The summed E-state index contributed by atoms with van der Waals surface area (Å²) in [4.78, 5) is 0. The van der Waals surface area contributed by atoms with Crippen molar-refractivity contribution < 1.29 is 179 Å². The van der Waals surface area contributed by atoms with Crippen LogP contribution in [0.5, 0.6) is 0 Å². The summed E-state index contributed by atoms with van der Waals surface area (Å²) in [6, 6.07) is 0. The van der Waals surface area contributed by atoms with Gasteiger partial charge in [0.25, 0.3) is 0 Å². The highest BCUT2D eigenvalue weighted by molar-refractivity contribution is 5.01. The Labute approximate surface area is 439 Å². The minimum atomic E-state index is -2.23. The maximum Gasteiger partial charge on any atom is 0.187 e. The molecule has 0 aromatic carbocycles. The molecule has 7 fully saturated rings. The van der Waals surface area contributed by atoms with Gasteiger partial charge in [-0.25, -0.2) is 0 Å². The lowest BCUT2D eigenvalue weighted by Crippen LogP contribution is -2.68. The number of ether oxygens (including phenoxy) is 13. The van der Waals surface area contributed by atoms with Gasteiger partial charge in [-0.15, -0.1) is 0 Å². The van der Waals surface area contributed by atoms with E-state index < -0.39 is 261 Å². The predicted octanol–water partition coefficient (Wildman–Crippen LogP) is -16.3. The molecule has 36 heteroatoms. The topological polar surface area (TPSA) is 585 Å². The van der Waals surface area contributed by atoms with E-state index in [1.54, 1.807) is 0 Å². The molecule has 36 nitrogen and oxygen atoms in total. The van der Waals surface area contributed by atoms with E-state index in [1.165, 1.54) is 0 Å². The minimum absolute atomic E-state index is 0.843. The summed E-state index contributed by atoms with van der Waals surface area (Å²) in [6.07, 6.45) is -67.4. The van der Waals surface area contributed by atoms with Crippen LogP contribution in [0.15, 0.2) is 0 Å². The zero-order valence-corrected chi connectivity index (χ0v) is 40.8. The van der Waals surface area contributed by atoms with E-state index in [9.17, 15) is 117 Å². The van der Waals surface area contributed by atoms with Crippen LogP contribution in [0.25, 0.3) is 0 Å². The highest BCUT2D eigenvalue weighted by Crippen LogP contribution is 2.37. The average Bonchev–Trinajstić information content (AvgIpc) is 3.44. The van der Waals surface area contributed by atoms with E-state index in [0.717, 1.165) is 0 Å². The van der Waals surface area contributed by atoms with Gasteiger partial charge in [-0.3, -0.25) is 0 Å². The molecule has 7 rings (SSSR count). The summed E-state index contributed by atoms with van der Waals surface area (Å²) in [5.41, 5.74) is 0. The summed E-state index contributed by atoms with van der Waals surface area (Å²) < 4.78 is 71.9. The van der Waals surface area contributed by atoms with Crippen LogP contribution in [0.2, 0.25) is 0 Å². The average molecular weight is 1150 g/mol. The Balaban J connectivity index is 0.947. The zero-order chi connectivity index (χ0) is 57.3. The zero-order valence-electron chi connectivity index (χ0n) is 40.8. The van der Waals surface area contributed by atoms with Crippen LogP contribution in [0.1, 0.15) is 0 Å². The van der Waals surface area contributed by atoms with Gasteiger partial charge in [0.05, 0.1) is 46.2 Å². The Morgan fingerprint density at radius 1 is 0.192 bits per heavy atom. The van der Waals surface area contributed by atoms with Crippen molar-refractivity contribution in [3.8, 4) is 0 Å². The van der Waals surface area contributed by atoms with Crippen LogP contribution in [-0.2, 0) is 61.6 Å². The number of hydrogen-bond acceptors (Lipinski definition) is 36. The number of aliphatic hydroxyl groups is 23. The smallest absolute Gasteiger partial charge is 0.187 e. The third-order valence-corrected chi connectivity index (χ3v) is 14.5. The van der Waals surface area contributed by atoms with Crippen molar-refractivity contribution >= 4 is 0 Å². The lowest BCUT2D eigenvalue weighted by Gasteiger charge is -2.50. The van der Waals surface area contributed by atoms with Gasteiger partial charge < -0.3 is 179 Å². The molecule has 0 radical (unpaired) electrons. The molecule has 7 aliphatic rings. The van der Waals surface area contributed by atoms with Crippen LogP contribution in [0.4, 0.5) is 0 Å². The second kappa shape index (κ2) is 27.5. The van der Waals surface area contributed by atoms with E-state index in [1.807, 2.05) is 0 Å². The third kappa shape index (κ3) is 12.9. The maximum atomic E-state index is 11.3. The van der Waals surface area contributed by atoms with Gasteiger partial charge >= 0.3 is 0 Å². The van der Waals surface area contributed by atoms with Gasteiger partial charge in [-0.1, -0.05) is 0 Å². The Morgan fingerprint density at radius 2 is 0.372 bits per heavy atom. The highest BCUT2D eigenvalue weighted by atomic mass is 16.8. The first-order chi connectivity index (χ1) is 37.0. The van der Waals surface area contributed by atoms with Gasteiger partial charge in [-0.05, 0) is 0 Å². The van der Waals surface area contributed by atoms with Crippen molar-refractivity contribution in [1.82, 2.24) is 0 Å². The van der Waals surface area contributed by atoms with E-state index in [-0.39, 0.29) is 0 Å². The molecule has 78 heavy (non-hydrogen) atoms. The van der Waals surface area contributed by atoms with Gasteiger partial charge in [0, 0.05) is 0 Å². The molecule has 0 aromatic heterocycles. The lowest BCUT2D eigenvalue weighted by molar-refractivity contribution is -0.398. The molecule has 0 aromatic rings. The normalized spacial score (nSPS) is 53.5. The molecule has 7 heterocycles. The Morgan fingerprint density at radius 3 is 0.590 bits per heavy atom. The van der Waals surface area contributed by atoms with Crippen molar-refractivity contribution in [2.24, 2.45) is 0 Å². The summed E-state index contributed by atoms with van der Waals surface area (Å²) >= 11 is 0. The molecule has 0 saturated carbocycles. The second-order valence-electron chi connectivity index (χ2n) is 19.6. The first kappa shape index (κ1) is 64.1.